The van der Waals surface area contributed by atoms with Gasteiger partial charge in [0.1, 0.15) is 17.2 Å². The summed E-state index contributed by atoms with van der Waals surface area (Å²) in [6.07, 6.45) is -1.64. The Morgan fingerprint density at radius 1 is 1.17 bits per heavy atom. The SMILES string of the molecule is O=C(COc1ccc(F)cc1)NCCCC1(c2nnc(C3CC(OC(F)(F)F)C3)o2)CCCCO1. The molecule has 1 saturated heterocycles. The van der Waals surface area contributed by atoms with Gasteiger partial charge in [-0.25, -0.2) is 4.39 Å². The van der Waals surface area contributed by atoms with Crippen molar-refractivity contribution >= 4 is 5.91 Å². The highest BCUT2D eigenvalue weighted by Gasteiger charge is 2.44. The van der Waals surface area contributed by atoms with Gasteiger partial charge in [0.05, 0.1) is 6.10 Å². The van der Waals surface area contributed by atoms with Crippen LogP contribution >= 0.6 is 0 Å². The quantitative estimate of drug-likeness (QED) is 0.382. The van der Waals surface area contributed by atoms with Crippen molar-refractivity contribution in [2.45, 2.75) is 68.9 Å². The number of ether oxygens (including phenoxy) is 3. The summed E-state index contributed by atoms with van der Waals surface area (Å²) in [5, 5.41) is 11.0. The van der Waals surface area contributed by atoms with Crippen molar-refractivity contribution in [3.63, 3.8) is 0 Å². The largest absolute Gasteiger partial charge is 0.522 e. The first kappa shape index (κ1) is 25.4. The van der Waals surface area contributed by atoms with Gasteiger partial charge in [-0.05, 0) is 69.2 Å². The van der Waals surface area contributed by atoms with Crippen LogP contribution in [0.3, 0.4) is 0 Å². The third-order valence-electron chi connectivity index (χ3n) is 6.19. The second-order valence-electron chi connectivity index (χ2n) is 8.80. The number of nitrogens with zero attached hydrogens (tertiary/aromatic N) is 2. The lowest BCUT2D eigenvalue weighted by atomic mass is 9.82. The first-order chi connectivity index (χ1) is 16.7. The summed E-state index contributed by atoms with van der Waals surface area (Å²) >= 11 is 0. The van der Waals surface area contributed by atoms with Crippen molar-refractivity contribution < 1.29 is 41.0 Å². The fraction of sp³-hybridized carbons (Fsp3) is 0.609. The monoisotopic (exact) mass is 501 g/mol. The summed E-state index contributed by atoms with van der Waals surface area (Å²) in [7, 11) is 0. The number of hydrogen-bond acceptors (Lipinski definition) is 7. The van der Waals surface area contributed by atoms with Gasteiger partial charge in [0.15, 0.2) is 6.61 Å². The average molecular weight is 501 g/mol. The van der Waals surface area contributed by atoms with Gasteiger partial charge in [-0.15, -0.1) is 23.4 Å². The van der Waals surface area contributed by atoms with Gasteiger partial charge >= 0.3 is 6.36 Å². The fourth-order valence-electron chi connectivity index (χ4n) is 4.29. The van der Waals surface area contributed by atoms with E-state index in [1.807, 2.05) is 0 Å². The molecule has 1 aliphatic heterocycles. The van der Waals surface area contributed by atoms with Gasteiger partial charge in [-0.2, -0.15) is 0 Å². The summed E-state index contributed by atoms with van der Waals surface area (Å²) in [4.78, 5) is 12.1. The van der Waals surface area contributed by atoms with Crippen LogP contribution in [0, 0.1) is 5.82 Å². The van der Waals surface area contributed by atoms with Crippen LogP contribution in [0.5, 0.6) is 5.75 Å². The summed E-state index contributed by atoms with van der Waals surface area (Å²) in [5.74, 6) is 0.0332. The standard InChI is InChI=1S/C23H27F4N3O5/c24-16-4-6-17(7-5-16)32-14-19(31)28-10-3-9-22(8-1-2-11-33-22)21-30-29-20(34-21)15-12-18(13-15)35-23(25,26)27/h4-7,15,18H,1-3,8-14H2,(H,28,31). The van der Waals surface area contributed by atoms with E-state index in [4.69, 9.17) is 13.9 Å². The van der Waals surface area contributed by atoms with Crippen molar-refractivity contribution in [1.82, 2.24) is 15.5 Å². The maximum Gasteiger partial charge on any atom is 0.522 e. The molecule has 2 fully saturated rings. The molecule has 1 aromatic carbocycles. The molecule has 1 aromatic heterocycles. The molecule has 35 heavy (non-hydrogen) atoms. The number of carbonyl (C=O) groups is 1. The molecule has 2 heterocycles. The fourth-order valence-corrected chi connectivity index (χ4v) is 4.29. The van der Waals surface area contributed by atoms with Crippen molar-refractivity contribution in [2.75, 3.05) is 19.8 Å². The van der Waals surface area contributed by atoms with E-state index in [9.17, 15) is 22.4 Å². The molecule has 192 valence electrons. The van der Waals surface area contributed by atoms with E-state index in [2.05, 4.69) is 20.3 Å². The second-order valence-corrected chi connectivity index (χ2v) is 8.80. The van der Waals surface area contributed by atoms with Crippen molar-refractivity contribution in [1.29, 1.82) is 0 Å². The summed E-state index contributed by atoms with van der Waals surface area (Å²) < 4.78 is 71.3. The number of amides is 1. The number of aromatic nitrogens is 2. The lowest BCUT2D eigenvalue weighted by Crippen LogP contribution is -2.36. The van der Waals surface area contributed by atoms with Gasteiger partial charge in [0, 0.05) is 19.1 Å². The van der Waals surface area contributed by atoms with Crippen LogP contribution in [-0.4, -0.2) is 48.3 Å². The minimum absolute atomic E-state index is 0.168. The molecular weight excluding hydrogens is 474 g/mol. The van der Waals surface area contributed by atoms with Crippen LogP contribution in [0.15, 0.2) is 28.7 Å². The number of rotatable bonds is 10. The Balaban J connectivity index is 1.25. The normalized spacial score (nSPS) is 24.6. The number of nitrogens with one attached hydrogen (secondary N) is 1. The molecule has 0 bridgehead atoms. The predicted molar refractivity (Wildman–Crippen MR) is 113 cm³/mol. The number of halogens is 4. The van der Waals surface area contributed by atoms with E-state index in [-0.39, 0.29) is 37.1 Å². The lowest BCUT2D eigenvalue weighted by molar-refractivity contribution is -0.352. The summed E-state index contributed by atoms with van der Waals surface area (Å²) in [5.41, 5.74) is -0.787. The van der Waals surface area contributed by atoms with Crippen LogP contribution in [0.4, 0.5) is 17.6 Å². The molecule has 1 unspecified atom stereocenters. The maximum absolute atomic E-state index is 12.9. The highest BCUT2D eigenvalue weighted by atomic mass is 19.4. The molecule has 12 heteroatoms. The van der Waals surface area contributed by atoms with E-state index < -0.39 is 18.1 Å². The van der Waals surface area contributed by atoms with Crippen LogP contribution < -0.4 is 10.1 Å². The Bertz CT molecular complexity index is 970. The number of alkyl halides is 3. The Kier molecular flexibility index (Phi) is 7.90. The van der Waals surface area contributed by atoms with Gasteiger partial charge in [0.25, 0.3) is 5.91 Å². The minimum atomic E-state index is -4.65. The molecule has 1 aliphatic carbocycles. The zero-order valence-corrected chi connectivity index (χ0v) is 19.0. The number of hydrogen-bond donors (Lipinski definition) is 1. The third-order valence-corrected chi connectivity index (χ3v) is 6.19. The van der Waals surface area contributed by atoms with Crippen LogP contribution in [-0.2, 0) is 19.9 Å². The van der Waals surface area contributed by atoms with Crippen LogP contribution in [0.2, 0.25) is 0 Å². The lowest BCUT2D eigenvalue weighted by Gasteiger charge is -2.35. The molecule has 0 spiro atoms. The molecule has 1 N–H and O–H groups in total. The highest BCUT2D eigenvalue weighted by Crippen LogP contribution is 2.43. The molecule has 1 atom stereocenters. The van der Waals surface area contributed by atoms with Crippen molar-refractivity contribution in [3.05, 3.63) is 41.9 Å². The minimum Gasteiger partial charge on any atom is -0.484 e. The van der Waals surface area contributed by atoms with E-state index >= 15 is 0 Å². The summed E-state index contributed by atoms with van der Waals surface area (Å²) in [6, 6.07) is 5.38. The van der Waals surface area contributed by atoms with Gasteiger partial charge in [0.2, 0.25) is 11.8 Å². The number of benzene rings is 1. The molecule has 2 aromatic rings. The average Bonchev–Trinajstić information content (AvgIpc) is 3.29. The van der Waals surface area contributed by atoms with E-state index in [0.717, 1.165) is 12.8 Å². The van der Waals surface area contributed by atoms with Crippen molar-refractivity contribution in [2.24, 2.45) is 0 Å². The highest BCUT2D eigenvalue weighted by molar-refractivity contribution is 5.77. The maximum atomic E-state index is 12.9. The first-order valence-corrected chi connectivity index (χ1v) is 11.6. The Morgan fingerprint density at radius 2 is 1.94 bits per heavy atom. The Labute approximate surface area is 199 Å². The Hall–Kier alpha value is -2.73. The molecule has 8 nitrogen and oxygen atoms in total. The van der Waals surface area contributed by atoms with Crippen molar-refractivity contribution in [3.8, 4) is 5.75 Å². The first-order valence-electron chi connectivity index (χ1n) is 11.6. The third kappa shape index (κ3) is 6.91. The number of carbonyl (C=O) groups excluding carboxylic acids is 1. The molecular formula is C23H27F4N3O5. The van der Waals surface area contributed by atoms with E-state index in [1.54, 1.807) is 0 Å². The van der Waals surface area contributed by atoms with Gasteiger partial charge in [-0.3, -0.25) is 9.53 Å². The van der Waals surface area contributed by atoms with Crippen LogP contribution in [0.1, 0.15) is 62.6 Å². The van der Waals surface area contributed by atoms with E-state index in [1.165, 1.54) is 24.3 Å². The topological polar surface area (TPSA) is 95.7 Å². The zero-order valence-electron chi connectivity index (χ0n) is 19.0. The predicted octanol–water partition coefficient (Wildman–Crippen LogP) is 4.36. The van der Waals surface area contributed by atoms with Crippen LogP contribution in [0.25, 0.3) is 0 Å². The molecule has 0 radical (unpaired) electrons. The Morgan fingerprint density at radius 3 is 2.63 bits per heavy atom. The molecule has 1 saturated carbocycles. The van der Waals surface area contributed by atoms with Gasteiger partial charge in [-0.1, -0.05) is 0 Å². The zero-order chi connectivity index (χ0) is 24.9. The smallest absolute Gasteiger partial charge is 0.484 e. The molecule has 4 rings (SSSR count). The summed E-state index contributed by atoms with van der Waals surface area (Å²) in [6.45, 7) is 0.706. The van der Waals surface area contributed by atoms with E-state index in [0.29, 0.717) is 49.9 Å². The second kappa shape index (κ2) is 10.9. The van der Waals surface area contributed by atoms with Gasteiger partial charge < -0.3 is 19.2 Å². The molecule has 2 aliphatic rings. The molecule has 1 amide bonds.